The lowest BCUT2D eigenvalue weighted by molar-refractivity contribution is -0.708. The monoisotopic (exact) mass is 347 g/mol. The molecule has 0 spiro atoms. The van der Waals surface area contributed by atoms with Crippen LogP contribution in [0.4, 0.5) is 0 Å². The first-order chi connectivity index (χ1) is 11.5. The van der Waals surface area contributed by atoms with Crippen LogP contribution < -0.4 is 14.4 Å². The summed E-state index contributed by atoms with van der Waals surface area (Å²) in [6.45, 7) is 2.63. The average molecular weight is 347 g/mol. The van der Waals surface area contributed by atoms with E-state index in [2.05, 4.69) is 4.98 Å². The van der Waals surface area contributed by atoms with Crippen molar-refractivity contribution in [3.63, 3.8) is 0 Å². The normalized spacial score (nSPS) is 16.8. The quantitative estimate of drug-likeness (QED) is 0.665. The van der Waals surface area contributed by atoms with Gasteiger partial charge in [0.25, 0.3) is 0 Å². The predicted octanol–water partition coefficient (Wildman–Crippen LogP) is 1.16. The Kier molecular flexibility index (Phi) is 4.71. The largest absolute Gasteiger partial charge is 0.870 e. The van der Waals surface area contributed by atoms with Crippen LogP contribution in [0, 0.1) is 0 Å². The molecule has 1 aromatic carbocycles. The van der Waals surface area contributed by atoms with Crippen molar-refractivity contribution in [2.45, 2.75) is 24.5 Å². The highest BCUT2D eigenvalue weighted by Gasteiger charge is 2.28. The van der Waals surface area contributed by atoms with Crippen molar-refractivity contribution in [1.29, 1.82) is 0 Å². The number of carbonyl (C=O) groups excluding carboxylic acids is 1. The second kappa shape index (κ2) is 6.76. The highest BCUT2D eigenvalue weighted by atomic mass is 32.2. The van der Waals surface area contributed by atoms with Crippen LogP contribution in [0.2, 0.25) is 0 Å². The van der Waals surface area contributed by atoms with Gasteiger partial charge in [0.15, 0.2) is 0 Å². The number of H-pyrrole nitrogens is 1. The van der Waals surface area contributed by atoms with Gasteiger partial charge in [-0.3, -0.25) is 4.79 Å². The molecule has 1 amide bonds. The van der Waals surface area contributed by atoms with Gasteiger partial charge >= 0.3 is 5.16 Å². The van der Waals surface area contributed by atoms with Crippen LogP contribution in [0.25, 0.3) is 0 Å². The number of imidazole rings is 1. The summed E-state index contributed by atoms with van der Waals surface area (Å²) >= 11 is 1.49. The lowest BCUT2D eigenvalue weighted by Gasteiger charge is -2.36. The number of hydrogen-bond acceptors (Lipinski definition) is 4. The molecule has 1 aliphatic heterocycles. The molecule has 24 heavy (non-hydrogen) atoms. The van der Waals surface area contributed by atoms with Crippen molar-refractivity contribution >= 4 is 17.7 Å². The van der Waals surface area contributed by atoms with Crippen molar-refractivity contribution in [1.82, 2.24) is 9.88 Å². The van der Waals surface area contributed by atoms with Gasteiger partial charge in [0.05, 0.1) is 26.0 Å². The molecule has 1 aromatic heterocycles. The fourth-order valence-corrected chi connectivity index (χ4v) is 3.91. The zero-order valence-electron chi connectivity index (χ0n) is 14.0. The molecule has 0 aliphatic carbocycles. The SMILES string of the molecule is COc1cc2c(cc1[O-])CCN(C(=O)CSc1[nH]cc[n+]1C)C2C. The molecule has 1 atom stereocenters. The topological polar surface area (TPSA) is 72.3 Å². The van der Waals surface area contributed by atoms with Crippen molar-refractivity contribution in [2.24, 2.45) is 7.05 Å². The number of methoxy groups -OCH3 is 1. The second-order valence-corrected chi connectivity index (χ2v) is 6.84. The molecule has 0 bridgehead atoms. The minimum atomic E-state index is -0.0990. The van der Waals surface area contributed by atoms with Crippen molar-refractivity contribution < 1.29 is 19.2 Å². The molecular formula is C17H21N3O3S. The van der Waals surface area contributed by atoms with Crippen LogP contribution in [0.3, 0.4) is 0 Å². The number of ether oxygens (including phenoxy) is 1. The minimum Gasteiger partial charge on any atom is -0.870 e. The minimum absolute atomic E-state index is 0.0614. The summed E-state index contributed by atoms with van der Waals surface area (Å²) in [6.07, 6.45) is 4.46. The van der Waals surface area contributed by atoms with E-state index in [0.717, 1.165) is 16.3 Å². The zero-order valence-corrected chi connectivity index (χ0v) is 14.9. The van der Waals surface area contributed by atoms with Gasteiger partial charge in [-0.2, -0.15) is 0 Å². The van der Waals surface area contributed by atoms with Gasteiger partial charge in [0, 0.05) is 6.54 Å². The number of rotatable bonds is 4. The Hall–Kier alpha value is -2.15. The molecule has 3 rings (SSSR count). The van der Waals surface area contributed by atoms with E-state index in [1.807, 2.05) is 35.8 Å². The Morgan fingerprint density at radius 3 is 3.00 bits per heavy atom. The number of carbonyl (C=O) groups is 1. The summed E-state index contributed by atoms with van der Waals surface area (Å²) in [5.74, 6) is 0.712. The first-order valence-electron chi connectivity index (χ1n) is 7.84. The van der Waals surface area contributed by atoms with Gasteiger partial charge < -0.3 is 14.7 Å². The average Bonchev–Trinajstić information content (AvgIpc) is 2.97. The molecule has 0 radical (unpaired) electrons. The maximum atomic E-state index is 12.6. The molecule has 2 heterocycles. The van der Waals surface area contributed by atoms with Crippen LogP contribution >= 0.6 is 11.8 Å². The van der Waals surface area contributed by atoms with E-state index in [1.54, 1.807) is 12.1 Å². The van der Waals surface area contributed by atoms with Gasteiger partial charge in [0.2, 0.25) is 5.91 Å². The van der Waals surface area contributed by atoms with Gasteiger partial charge in [0.1, 0.15) is 18.1 Å². The number of fused-ring (bicyclic) bond motifs is 1. The smallest absolute Gasteiger partial charge is 0.316 e. The first-order valence-corrected chi connectivity index (χ1v) is 8.83. The summed E-state index contributed by atoms with van der Waals surface area (Å²) < 4.78 is 7.09. The number of benzene rings is 1. The summed E-state index contributed by atoms with van der Waals surface area (Å²) in [6, 6.07) is 3.36. The Morgan fingerprint density at radius 1 is 1.54 bits per heavy atom. The number of nitrogens with one attached hydrogen (secondary N) is 1. The summed E-state index contributed by atoms with van der Waals surface area (Å²) in [5, 5.41) is 12.8. The number of aromatic nitrogens is 2. The van der Waals surface area contributed by atoms with Crippen LogP contribution in [-0.2, 0) is 18.3 Å². The molecule has 0 saturated carbocycles. The van der Waals surface area contributed by atoms with E-state index in [-0.39, 0.29) is 17.7 Å². The number of amides is 1. The maximum Gasteiger partial charge on any atom is 0.316 e. The Bertz CT molecular complexity index is 760. The maximum absolute atomic E-state index is 12.6. The molecule has 6 nitrogen and oxygen atoms in total. The third-order valence-corrected chi connectivity index (χ3v) is 5.51. The molecule has 7 heteroatoms. The molecule has 1 unspecified atom stereocenters. The number of aromatic amines is 1. The number of nitrogens with zero attached hydrogens (tertiary/aromatic N) is 2. The van der Waals surface area contributed by atoms with E-state index in [1.165, 1.54) is 18.9 Å². The summed E-state index contributed by atoms with van der Waals surface area (Å²) in [4.78, 5) is 17.6. The van der Waals surface area contributed by atoms with Crippen LogP contribution in [-0.4, -0.2) is 35.2 Å². The fourth-order valence-electron chi connectivity index (χ4n) is 3.07. The Labute approximate surface area is 145 Å². The van der Waals surface area contributed by atoms with Crippen LogP contribution in [0.1, 0.15) is 24.1 Å². The van der Waals surface area contributed by atoms with Crippen molar-refractivity contribution in [3.8, 4) is 11.5 Å². The molecule has 128 valence electrons. The molecule has 1 aliphatic rings. The van der Waals surface area contributed by atoms with Gasteiger partial charge in [-0.1, -0.05) is 11.8 Å². The fraction of sp³-hybridized carbons (Fsp3) is 0.412. The van der Waals surface area contributed by atoms with E-state index in [9.17, 15) is 9.90 Å². The van der Waals surface area contributed by atoms with E-state index < -0.39 is 0 Å². The van der Waals surface area contributed by atoms with Crippen LogP contribution in [0.15, 0.2) is 29.7 Å². The third-order valence-electron chi connectivity index (χ3n) is 4.44. The molecule has 0 fully saturated rings. The summed E-state index contributed by atoms with van der Waals surface area (Å²) in [5.41, 5.74) is 2.02. The van der Waals surface area contributed by atoms with Crippen molar-refractivity contribution in [3.05, 3.63) is 35.7 Å². The lowest BCUT2D eigenvalue weighted by atomic mass is 9.93. The summed E-state index contributed by atoms with van der Waals surface area (Å²) in [7, 11) is 3.43. The number of hydrogen-bond donors (Lipinski definition) is 1. The number of aryl methyl sites for hydroxylation is 1. The highest BCUT2D eigenvalue weighted by Crippen LogP contribution is 2.36. The van der Waals surface area contributed by atoms with E-state index in [0.29, 0.717) is 24.5 Å². The van der Waals surface area contributed by atoms with Crippen molar-refractivity contribution in [2.75, 3.05) is 19.4 Å². The third kappa shape index (κ3) is 3.08. The molecule has 2 aromatic rings. The van der Waals surface area contributed by atoms with Gasteiger partial charge in [-0.05, 0) is 42.3 Å². The standard InChI is InChI=1S/C17H21N3O3S/c1-11-13-9-15(23-3)14(21)8-12(13)4-6-20(11)16(22)10-24-17-18-5-7-19(17)2/h5,7-9,11,21H,4,6,10H2,1-3H3. The molecular weight excluding hydrogens is 326 g/mol. The Balaban J connectivity index is 1.74. The Morgan fingerprint density at radius 2 is 2.33 bits per heavy atom. The van der Waals surface area contributed by atoms with E-state index in [4.69, 9.17) is 4.74 Å². The first kappa shape index (κ1) is 16.7. The lowest BCUT2D eigenvalue weighted by Crippen LogP contribution is -2.40. The number of thioether (sulfide) groups is 1. The highest BCUT2D eigenvalue weighted by molar-refractivity contribution is 7.99. The van der Waals surface area contributed by atoms with Crippen LogP contribution in [0.5, 0.6) is 11.5 Å². The molecule has 0 saturated heterocycles. The van der Waals surface area contributed by atoms with E-state index >= 15 is 0 Å². The van der Waals surface area contributed by atoms with Gasteiger partial charge in [-0.25, -0.2) is 9.55 Å². The van der Waals surface area contributed by atoms with Gasteiger partial charge in [-0.15, -0.1) is 0 Å². The zero-order chi connectivity index (χ0) is 17.3. The predicted molar refractivity (Wildman–Crippen MR) is 89.0 cm³/mol. The second-order valence-electron chi connectivity index (χ2n) is 5.88. The molecule has 1 N–H and O–H groups in total.